The lowest BCUT2D eigenvalue weighted by Crippen LogP contribution is -2.35. The summed E-state index contributed by atoms with van der Waals surface area (Å²) >= 11 is 0. The number of carbonyl (C=O) groups is 2. The van der Waals surface area contributed by atoms with E-state index in [0.717, 1.165) is 0 Å². The molecule has 0 spiro atoms. The van der Waals surface area contributed by atoms with E-state index in [1.165, 1.54) is 4.90 Å². The summed E-state index contributed by atoms with van der Waals surface area (Å²) < 4.78 is 39.7. The van der Waals surface area contributed by atoms with Gasteiger partial charge in [-0.1, -0.05) is 0 Å². The van der Waals surface area contributed by atoms with Gasteiger partial charge in [0, 0.05) is 6.54 Å². The van der Waals surface area contributed by atoms with E-state index in [4.69, 9.17) is 14.7 Å². The van der Waals surface area contributed by atoms with Gasteiger partial charge in [-0.2, -0.15) is 13.5 Å². The maximum absolute atomic E-state index is 12.2. The summed E-state index contributed by atoms with van der Waals surface area (Å²) in [5, 5.41) is 7.74. The number of urea groups is 1. The molecule has 0 aromatic carbocycles. The van der Waals surface area contributed by atoms with Crippen molar-refractivity contribution in [3.05, 3.63) is 11.8 Å². The van der Waals surface area contributed by atoms with Gasteiger partial charge < -0.3 is 15.1 Å². The van der Waals surface area contributed by atoms with Crippen molar-refractivity contribution in [1.82, 2.24) is 20.2 Å². The van der Waals surface area contributed by atoms with Crippen molar-refractivity contribution in [2.24, 2.45) is 5.73 Å². The lowest BCUT2D eigenvalue weighted by atomic mass is 10.0. The molecule has 2 saturated heterocycles. The lowest BCUT2D eigenvalue weighted by Gasteiger charge is -2.27. The number of nitrogens with two attached hydrogens (primary N) is 1. The maximum atomic E-state index is 12.2. The molecule has 2 aliphatic rings. The maximum Gasteiger partial charge on any atom is 0.418 e. The Balaban J connectivity index is 1.83. The number of hydroxylamine groups is 2. The van der Waals surface area contributed by atoms with Gasteiger partial charge in [-0.15, -0.1) is 14.5 Å². The topological polar surface area (TPSA) is 169 Å². The van der Waals surface area contributed by atoms with Gasteiger partial charge in [0.15, 0.2) is 0 Å². The van der Waals surface area contributed by atoms with Gasteiger partial charge in [0.05, 0.1) is 6.04 Å². The molecule has 1 aromatic rings. The second-order valence-electron chi connectivity index (χ2n) is 4.82. The zero-order valence-corrected chi connectivity index (χ0v) is 11.8. The van der Waals surface area contributed by atoms with E-state index >= 15 is 0 Å². The molecule has 0 aliphatic carbocycles. The Kier molecular flexibility index (Phi) is 3.26. The highest BCUT2D eigenvalue weighted by molar-refractivity contribution is 7.80. The Morgan fingerprint density at radius 3 is 2.73 bits per heavy atom. The first-order valence-electron chi connectivity index (χ1n) is 6.16. The summed E-state index contributed by atoms with van der Waals surface area (Å²) in [4.78, 5) is 24.4. The minimum Gasteiger partial charge on any atom is -0.415 e. The molecule has 2 aliphatic heterocycles. The van der Waals surface area contributed by atoms with Gasteiger partial charge in [0.1, 0.15) is 6.04 Å². The SMILES string of the molecule is NC(=O)c1nnc(C2CCC3CN2C(=O)N3OS(=O)(=O)O)o1. The Morgan fingerprint density at radius 1 is 1.41 bits per heavy atom. The standard InChI is InChI=1S/C9H11N5O7S/c10-6(15)8-12-11-7(20-8)5-2-1-4-3-13(5)9(16)14(4)21-22(17,18)19/h4-5H,1-3H2,(H2,10,15)(H,17,18,19). The van der Waals surface area contributed by atoms with Gasteiger partial charge in [-0.3, -0.25) is 9.35 Å². The number of nitrogens with zero attached hydrogens (tertiary/aromatic N) is 4. The van der Waals surface area contributed by atoms with Crippen LogP contribution in [-0.2, 0) is 14.7 Å². The van der Waals surface area contributed by atoms with Crippen molar-refractivity contribution in [1.29, 1.82) is 0 Å². The number of hydrogen-bond acceptors (Lipinski definition) is 8. The van der Waals surface area contributed by atoms with Gasteiger partial charge >= 0.3 is 28.2 Å². The summed E-state index contributed by atoms with van der Waals surface area (Å²) in [5.41, 5.74) is 5.01. The summed E-state index contributed by atoms with van der Waals surface area (Å²) in [5.74, 6) is -1.25. The zero-order chi connectivity index (χ0) is 16.1. The molecule has 3 N–H and O–H groups in total. The van der Waals surface area contributed by atoms with Crippen molar-refractivity contribution < 1.29 is 31.3 Å². The van der Waals surface area contributed by atoms with Crippen LogP contribution in [0, 0.1) is 0 Å². The number of hydrogen-bond donors (Lipinski definition) is 2. The molecule has 2 unspecified atom stereocenters. The molecular formula is C9H11N5O7S. The second kappa shape index (κ2) is 4.89. The highest BCUT2D eigenvalue weighted by Gasteiger charge is 2.49. The molecular weight excluding hydrogens is 322 g/mol. The fourth-order valence-corrected chi connectivity index (χ4v) is 2.95. The first-order chi connectivity index (χ1) is 10.3. The first-order valence-corrected chi connectivity index (χ1v) is 7.53. The summed E-state index contributed by atoms with van der Waals surface area (Å²) in [7, 11) is -4.80. The molecule has 1 aromatic heterocycles. The third kappa shape index (κ3) is 2.49. The Hall–Kier alpha value is -2.25. The molecule has 13 heteroatoms. The Morgan fingerprint density at radius 2 is 2.14 bits per heavy atom. The average Bonchev–Trinajstić information content (AvgIpc) is 2.99. The second-order valence-corrected chi connectivity index (χ2v) is 5.82. The number of amides is 3. The van der Waals surface area contributed by atoms with Crippen molar-refractivity contribution >= 4 is 22.3 Å². The lowest BCUT2D eigenvalue weighted by molar-refractivity contribution is -0.0317. The summed E-state index contributed by atoms with van der Waals surface area (Å²) in [6.07, 6.45) is 0.777. The van der Waals surface area contributed by atoms with Gasteiger partial charge in [0.25, 0.3) is 0 Å². The number of fused-ring (bicyclic) bond motifs is 2. The quantitative estimate of drug-likeness (QED) is 0.645. The number of rotatable bonds is 4. The fourth-order valence-electron chi connectivity index (χ4n) is 2.56. The Labute approximate surface area is 123 Å². The normalized spacial score (nSPS) is 24.9. The molecule has 2 bridgehead atoms. The van der Waals surface area contributed by atoms with E-state index in [1.807, 2.05) is 0 Å². The zero-order valence-electron chi connectivity index (χ0n) is 10.9. The van der Waals surface area contributed by atoms with Crippen LogP contribution in [0.5, 0.6) is 0 Å². The van der Waals surface area contributed by atoms with E-state index in [0.29, 0.717) is 17.9 Å². The molecule has 2 fully saturated rings. The minimum absolute atomic E-state index is 0.0225. The minimum atomic E-state index is -4.80. The predicted molar refractivity (Wildman–Crippen MR) is 65.2 cm³/mol. The van der Waals surface area contributed by atoms with Crippen LogP contribution < -0.4 is 5.73 Å². The third-order valence-electron chi connectivity index (χ3n) is 3.43. The highest BCUT2D eigenvalue weighted by atomic mass is 32.3. The summed E-state index contributed by atoms with van der Waals surface area (Å²) in [6.45, 7) is 0.160. The number of piperidine rings is 1. The largest absolute Gasteiger partial charge is 0.418 e. The van der Waals surface area contributed by atoms with Crippen molar-refractivity contribution in [3.8, 4) is 0 Å². The van der Waals surface area contributed by atoms with Crippen LogP contribution in [0.4, 0.5) is 4.79 Å². The molecule has 12 nitrogen and oxygen atoms in total. The monoisotopic (exact) mass is 333 g/mol. The van der Waals surface area contributed by atoms with E-state index in [-0.39, 0.29) is 18.3 Å². The Bertz CT molecular complexity index is 730. The van der Waals surface area contributed by atoms with Crippen LogP contribution in [0.25, 0.3) is 0 Å². The average molecular weight is 333 g/mol. The first kappa shape index (κ1) is 14.7. The molecule has 22 heavy (non-hydrogen) atoms. The van der Waals surface area contributed by atoms with Crippen molar-refractivity contribution in [3.63, 3.8) is 0 Å². The molecule has 3 heterocycles. The summed E-state index contributed by atoms with van der Waals surface area (Å²) in [6, 6.07) is -1.91. The fraction of sp³-hybridized carbons (Fsp3) is 0.556. The van der Waals surface area contributed by atoms with Crippen molar-refractivity contribution in [2.45, 2.75) is 24.9 Å². The number of aromatic nitrogens is 2. The van der Waals surface area contributed by atoms with Gasteiger partial charge in [-0.25, -0.2) is 4.79 Å². The van der Waals surface area contributed by atoms with Gasteiger partial charge in [-0.05, 0) is 12.8 Å². The van der Waals surface area contributed by atoms with Crippen molar-refractivity contribution in [2.75, 3.05) is 6.54 Å². The molecule has 0 saturated carbocycles. The third-order valence-corrected chi connectivity index (χ3v) is 3.78. The molecule has 3 rings (SSSR count). The van der Waals surface area contributed by atoms with E-state index in [2.05, 4.69) is 14.5 Å². The van der Waals surface area contributed by atoms with Crippen LogP contribution in [0.2, 0.25) is 0 Å². The van der Waals surface area contributed by atoms with Crippen LogP contribution in [0.3, 0.4) is 0 Å². The molecule has 2 atom stereocenters. The number of primary amides is 1. The molecule has 0 radical (unpaired) electrons. The smallest absolute Gasteiger partial charge is 0.415 e. The van der Waals surface area contributed by atoms with E-state index in [9.17, 15) is 18.0 Å². The van der Waals surface area contributed by atoms with Crippen LogP contribution in [0.1, 0.15) is 35.5 Å². The van der Waals surface area contributed by atoms with Crippen LogP contribution in [0.15, 0.2) is 4.42 Å². The van der Waals surface area contributed by atoms with Crippen LogP contribution in [-0.4, -0.2) is 57.7 Å². The molecule has 120 valence electrons. The highest BCUT2D eigenvalue weighted by Crippen LogP contribution is 2.38. The van der Waals surface area contributed by atoms with E-state index < -0.39 is 34.4 Å². The van der Waals surface area contributed by atoms with E-state index in [1.54, 1.807) is 0 Å². The van der Waals surface area contributed by atoms with Crippen LogP contribution >= 0.6 is 0 Å². The number of carbonyl (C=O) groups excluding carboxylic acids is 2. The predicted octanol–water partition coefficient (Wildman–Crippen LogP) is -1.16. The molecule has 3 amide bonds. The van der Waals surface area contributed by atoms with Gasteiger partial charge in [0.2, 0.25) is 5.89 Å².